The molecule has 0 atom stereocenters. The zero-order valence-corrected chi connectivity index (χ0v) is 8.12. The highest BCUT2D eigenvalue weighted by molar-refractivity contribution is 5.32. The molecular formula is C9H13N3O2. The number of fused-ring (bicyclic) bond motifs is 1. The second-order valence-corrected chi connectivity index (χ2v) is 3.08. The van der Waals surface area contributed by atoms with Crippen LogP contribution in [0.2, 0.25) is 0 Å². The molecule has 14 heavy (non-hydrogen) atoms. The second-order valence-electron chi connectivity index (χ2n) is 3.08. The van der Waals surface area contributed by atoms with Gasteiger partial charge < -0.3 is 15.2 Å². The predicted octanol–water partition coefficient (Wildman–Crippen LogP) is 0.0166. The quantitative estimate of drug-likeness (QED) is 0.720. The number of rotatable bonds is 2. The van der Waals surface area contributed by atoms with Crippen LogP contribution in [0.3, 0.4) is 0 Å². The molecule has 1 aliphatic rings. The summed E-state index contributed by atoms with van der Waals surface area (Å²) < 4.78 is 10.5. The fraction of sp³-hybridized carbons (Fsp3) is 0.556. The smallest absolute Gasteiger partial charge is 0.220 e. The van der Waals surface area contributed by atoms with E-state index in [1.807, 2.05) is 0 Å². The van der Waals surface area contributed by atoms with E-state index in [0.29, 0.717) is 31.5 Å². The molecule has 0 radical (unpaired) electrons. The average molecular weight is 195 g/mol. The fourth-order valence-corrected chi connectivity index (χ4v) is 1.53. The van der Waals surface area contributed by atoms with Gasteiger partial charge in [0.05, 0.1) is 32.6 Å². The molecule has 2 N–H and O–H groups in total. The zero-order chi connectivity index (χ0) is 9.97. The van der Waals surface area contributed by atoms with Crippen molar-refractivity contribution in [1.29, 1.82) is 0 Å². The summed E-state index contributed by atoms with van der Waals surface area (Å²) in [6, 6.07) is 0. The number of ether oxygens (including phenoxy) is 2. The Labute approximate surface area is 82.3 Å². The van der Waals surface area contributed by atoms with Gasteiger partial charge in [0.25, 0.3) is 0 Å². The normalized spacial score (nSPS) is 15.0. The maximum absolute atomic E-state index is 5.49. The van der Waals surface area contributed by atoms with Crippen LogP contribution in [-0.4, -0.2) is 23.7 Å². The topological polar surface area (TPSA) is 70.3 Å². The van der Waals surface area contributed by atoms with Gasteiger partial charge >= 0.3 is 0 Å². The predicted molar refractivity (Wildman–Crippen MR) is 49.8 cm³/mol. The van der Waals surface area contributed by atoms with Crippen molar-refractivity contribution < 1.29 is 9.47 Å². The Kier molecular flexibility index (Phi) is 2.60. The largest absolute Gasteiger partial charge is 0.481 e. The molecule has 5 nitrogen and oxygen atoms in total. The first-order valence-corrected chi connectivity index (χ1v) is 4.55. The molecule has 76 valence electrons. The van der Waals surface area contributed by atoms with Gasteiger partial charge in [0, 0.05) is 12.0 Å². The molecule has 0 aromatic carbocycles. The number of hydrogen-bond donors (Lipinski definition) is 1. The minimum atomic E-state index is 0.323. The summed E-state index contributed by atoms with van der Waals surface area (Å²) in [6.45, 7) is 1.56. The van der Waals surface area contributed by atoms with Crippen molar-refractivity contribution in [1.82, 2.24) is 9.97 Å². The van der Waals surface area contributed by atoms with E-state index < -0.39 is 0 Å². The summed E-state index contributed by atoms with van der Waals surface area (Å²) in [4.78, 5) is 8.51. The number of hydrogen-bond acceptors (Lipinski definition) is 5. The maximum Gasteiger partial charge on any atom is 0.220 e. The lowest BCUT2D eigenvalue weighted by molar-refractivity contribution is 0.105. The van der Waals surface area contributed by atoms with Crippen molar-refractivity contribution in [2.45, 2.75) is 19.6 Å². The SMILES string of the molecule is COc1nc(CN)nc2c1CCOC2. The van der Waals surface area contributed by atoms with Gasteiger partial charge in [-0.05, 0) is 0 Å². The Morgan fingerprint density at radius 2 is 2.36 bits per heavy atom. The lowest BCUT2D eigenvalue weighted by atomic mass is 10.1. The van der Waals surface area contributed by atoms with E-state index in [2.05, 4.69) is 9.97 Å². The molecule has 0 amide bonds. The number of methoxy groups -OCH3 is 1. The van der Waals surface area contributed by atoms with Crippen LogP contribution >= 0.6 is 0 Å². The highest BCUT2D eigenvalue weighted by Crippen LogP contribution is 2.23. The van der Waals surface area contributed by atoms with Crippen molar-refractivity contribution in [3.8, 4) is 5.88 Å². The molecule has 5 heteroatoms. The summed E-state index contributed by atoms with van der Waals surface area (Å²) in [6.07, 6.45) is 0.809. The molecular weight excluding hydrogens is 182 g/mol. The Morgan fingerprint density at radius 1 is 1.50 bits per heavy atom. The lowest BCUT2D eigenvalue weighted by Gasteiger charge is -2.18. The van der Waals surface area contributed by atoms with Crippen LogP contribution in [0.1, 0.15) is 17.1 Å². The number of aromatic nitrogens is 2. The van der Waals surface area contributed by atoms with Crippen molar-refractivity contribution in [3.63, 3.8) is 0 Å². The Hall–Kier alpha value is -1.20. The van der Waals surface area contributed by atoms with Crippen LogP contribution < -0.4 is 10.5 Å². The summed E-state index contributed by atoms with van der Waals surface area (Å²) in [5.74, 6) is 1.24. The summed E-state index contributed by atoms with van der Waals surface area (Å²) in [5, 5.41) is 0. The van der Waals surface area contributed by atoms with E-state index in [1.165, 1.54) is 0 Å². The summed E-state index contributed by atoms with van der Waals surface area (Å²) in [5.41, 5.74) is 7.44. The third-order valence-electron chi connectivity index (χ3n) is 2.21. The van der Waals surface area contributed by atoms with E-state index in [1.54, 1.807) is 7.11 Å². The molecule has 1 aromatic rings. The highest BCUT2D eigenvalue weighted by Gasteiger charge is 2.18. The highest BCUT2D eigenvalue weighted by atomic mass is 16.5. The average Bonchev–Trinajstić information content (AvgIpc) is 2.27. The molecule has 2 heterocycles. The van der Waals surface area contributed by atoms with Gasteiger partial charge in [0.1, 0.15) is 5.82 Å². The molecule has 0 saturated carbocycles. The first-order chi connectivity index (χ1) is 6.85. The molecule has 1 aliphatic heterocycles. The standard InChI is InChI=1S/C9H13N3O2/c1-13-9-6-2-3-14-5-7(6)11-8(4-10)12-9/h2-5,10H2,1H3. The monoisotopic (exact) mass is 195 g/mol. The van der Waals surface area contributed by atoms with Gasteiger partial charge in [-0.3, -0.25) is 0 Å². The van der Waals surface area contributed by atoms with Crippen LogP contribution in [0, 0.1) is 0 Å². The molecule has 0 saturated heterocycles. The minimum absolute atomic E-state index is 0.323. The minimum Gasteiger partial charge on any atom is -0.481 e. The van der Waals surface area contributed by atoms with Crippen LogP contribution in [0.25, 0.3) is 0 Å². The van der Waals surface area contributed by atoms with Crippen molar-refractivity contribution in [2.24, 2.45) is 5.73 Å². The number of nitrogens with two attached hydrogens (primary N) is 1. The van der Waals surface area contributed by atoms with E-state index in [0.717, 1.165) is 17.7 Å². The Balaban J connectivity index is 2.47. The van der Waals surface area contributed by atoms with Gasteiger partial charge in [0.2, 0.25) is 5.88 Å². The van der Waals surface area contributed by atoms with Crippen molar-refractivity contribution >= 4 is 0 Å². The van der Waals surface area contributed by atoms with Gasteiger partial charge in [0.15, 0.2) is 0 Å². The molecule has 0 unspecified atom stereocenters. The first kappa shape index (κ1) is 9.36. The molecule has 0 aliphatic carbocycles. The van der Waals surface area contributed by atoms with E-state index in [4.69, 9.17) is 15.2 Å². The van der Waals surface area contributed by atoms with Gasteiger partial charge in [-0.1, -0.05) is 0 Å². The van der Waals surface area contributed by atoms with Gasteiger partial charge in [-0.25, -0.2) is 4.98 Å². The molecule has 2 rings (SSSR count). The summed E-state index contributed by atoms with van der Waals surface area (Å²) >= 11 is 0. The first-order valence-electron chi connectivity index (χ1n) is 4.55. The van der Waals surface area contributed by atoms with Crippen molar-refractivity contribution in [3.05, 3.63) is 17.1 Å². The van der Waals surface area contributed by atoms with Crippen LogP contribution in [0.5, 0.6) is 5.88 Å². The Morgan fingerprint density at radius 3 is 3.07 bits per heavy atom. The molecule has 0 bridgehead atoms. The molecule has 1 aromatic heterocycles. The molecule has 0 spiro atoms. The second kappa shape index (κ2) is 3.89. The zero-order valence-electron chi connectivity index (χ0n) is 8.12. The van der Waals surface area contributed by atoms with E-state index in [-0.39, 0.29) is 0 Å². The lowest BCUT2D eigenvalue weighted by Crippen LogP contribution is -2.17. The van der Waals surface area contributed by atoms with E-state index in [9.17, 15) is 0 Å². The van der Waals surface area contributed by atoms with Gasteiger partial charge in [-0.2, -0.15) is 4.98 Å². The Bertz CT molecular complexity index is 324. The molecule has 0 fully saturated rings. The van der Waals surface area contributed by atoms with Crippen LogP contribution in [0.4, 0.5) is 0 Å². The van der Waals surface area contributed by atoms with Crippen molar-refractivity contribution in [2.75, 3.05) is 13.7 Å². The fourth-order valence-electron chi connectivity index (χ4n) is 1.53. The number of nitrogens with zero attached hydrogens (tertiary/aromatic N) is 2. The van der Waals surface area contributed by atoms with E-state index >= 15 is 0 Å². The van der Waals surface area contributed by atoms with Crippen LogP contribution in [-0.2, 0) is 24.3 Å². The maximum atomic E-state index is 5.49. The van der Waals surface area contributed by atoms with Gasteiger partial charge in [-0.15, -0.1) is 0 Å². The third-order valence-corrected chi connectivity index (χ3v) is 2.21. The third kappa shape index (κ3) is 1.56. The summed E-state index contributed by atoms with van der Waals surface area (Å²) in [7, 11) is 1.61. The van der Waals surface area contributed by atoms with Crippen LogP contribution in [0.15, 0.2) is 0 Å².